The zero-order valence-electron chi connectivity index (χ0n) is 12.5. The van der Waals surface area contributed by atoms with E-state index >= 15 is 0 Å². The highest BCUT2D eigenvalue weighted by Crippen LogP contribution is 2.32. The van der Waals surface area contributed by atoms with Gasteiger partial charge in [-0.1, -0.05) is 51.3 Å². The largest absolute Gasteiger partial charge is 0.496 e. The van der Waals surface area contributed by atoms with Crippen LogP contribution in [0.15, 0.2) is 18.2 Å². The van der Waals surface area contributed by atoms with Crippen molar-refractivity contribution in [1.82, 2.24) is 5.32 Å². The molecular formula is C16H26ClNO. The minimum atomic E-state index is 0.332. The van der Waals surface area contributed by atoms with Gasteiger partial charge in [-0.25, -0.2) is 0 Å². The van der Waals surface area contributed by atoms with Crippen LogP contribution in [0.1, 0.15) is 51.6 Å². The number of ether oxygens (including phenoxy) is 1. The van der Waals surface area contributed by atoms with Crippen molar-refractivity contribution in [3.05, 3.63) is 28.8 Å². The van der Waals surface area contributed by atoms with Crippen LogP contribution in [0.3, 0.4) is 0 Å². The van der Waals surface area contributed by atoms with Crippen LogP contribution in [0.4, 0.5) is 0 Å². The Morgan fingerprint density at radius 3 is 2.63 bits per heavy atom. The second-order valence-corrected chi connectivity index (χ2v) is 5.56. The predicted octanol–water partition coefficient (Wildman–Crippen LogP) is 4.83. The molecule has 0 amide bonds. The quantitative estimate of drug-likeness (QED) is 0.738. The minimum Gasteiger partial charge on any atom is -0.496 e. The van der Waals surface area contributed by atoms with Crippen LogP contribution < -0.4 is 10.1 Å². The lowest BCUT2D eigenvalue weighted by atomic mass is 9.92. The molecule has 2 nitrogen and oxygen atoms in total. The molecule has 0 aromatic heterocycles. The third-order valence-electron chi connectivity index (χ3n) is 3.44. The highest BCUT2D eigenvalue weighted by molar-refractivity contribution is 6.30. The van der Waals surface area contributed by atoms with Crippen LogP contribution in [0.2, 0.25) is 5.02 Å². The van der Waals surface area contributed by atoms with E-state index in [1.807, 2.05) is 12.1 Å². The van der Waals surface area contributed by atoms with E-state index in [4.69, 9.17) is 16.3 Å². The summed E-state index contributed by atoms with van der Waals surface area (Å²) in [5.41, 5.74) is 1.21. The average molecular weight is 284 g/mol. The fourth-order valence-corrected chi connectivity index (χ4v) is 2.71. The summed E-state index contributed by atoms with van der Waals surface area (Å²) in [5.74, 6) is 1.58. The number of rotatable bonds is 8. The van der Waals surface area contributed by atoms with Crippen molar-refractivity contribution in [2.45, 2.75) is 46.1 Å². The molecule has 0 aliphatic carbocycles. The lowest BCUT2D eigenvalue weighted by Crippen LogP contribution is -2.23. The first-order valence-electron chi connectivity index (χ1n) is 7.19. The number of nitrogens with one attached hydrogen (secondary N) is 1. The van der Waals surface area contributed by atoms with Gasteiger partial charge in [-0.15, -0.1) is 0 Å². The molecule has 2 atom stereocenters. The second kappa shape index (κ2) is 8.44. The molecule has 108 valence electrons. The van der Waals surface area contributed by atoms with E-state index in [-0.39, 0.29) is 0 Å². The molecule has 0 bridgehead atoms. The Bertz CT molecular complexity index is 381. The van der Waals surface area contributed by atoms with E-state index in [1.54, 1.807) is 7.11 Å². The molecule has 0 aliphatic heterocycles. The highest BCUT2D eigenvalue weighted by atomic mass is 35.5. The van der Waals surface area contributed by atoms with Crippen LogP contribution in [-0.4, -0.2) is 13.7 Å². The van der Waals surface area contributed by atoms with Crippen molar-refractivity contribution in [2.75, 3.05) is 13.7 Å². The van der Waals surface area contributed by atoms with E-state index in [0.717, 1.165) is 23.7 Å². The highest BCUT2D eigenvalue weighted by Gasteiger charge is 2.18. The Kier molecular flexibility index (Phi) is 7.25. The summed E-state index contributed by atoms with van der Waals surface area (Å²) in [7, 11) is 1.70. The summed E-state index contributed by atoms with van der Waals surface area (Å²) >= 11 is 6.03. The topological polar surface area (TPSA) is 21.3 Å². The van der Waals surface area contributed by atoms with Gasteiger partial charge in [-0.3, -0.25) is 0 Å². The molecule has 1 aromatic carbocycles. The Morgan fingerprint density at radius 1 is 1.32 bits per heavy atom. The SMILES string of the molecule is CCCC(C)CC(NCC)c1ccc(Cl)cc1OC. The van der Waals surface area contributed by atoms with E-state index in [2.05, 4.69) is 32.2 Å². The molecule has 19 heavy (non-hydrogen) atoms. The van der Waals surface area contributed by atoms with Crippen molar-refractivity contribution >= 4 is 11.6 Å². The number of benzene rings is 1. The summed E-state index contributed by atoms with van der Waals surface area (Å²) in [6.07, 6.45) is 3.62. The minimum absolute atomic E-state index is 0.332. The number of hydrogen-bond acceptors (Lipinski definition) is 2. The molecule has 1 aromatic rings. The molecule has 0 radical (unpaired) electrons. The Hall–Kier alpha value is -0.730. The summed E-state index contributed by atoms with van der Waals surface area (Å²) in [4.78, 5) is 0. The molecule has 0 aliphatic rings. The van der Waals surface area contributed by atoms with Crippen molar-refractivity contribution in [3.8, 4) is 5.75 Å². The van der Waals surface area contributed by atoms with Crippen LogP contribution in [-0.2, 0) is 0 Å². The molecule has 3 heteroatoms. The zero-order valence-corrected chi connectivity index (χ0v) is 13.3. The molecule has 0 spiro atoms. The summed E-state index contributed by atoms with van der Waals surface area (Å²) in [6.45, 7) is 7.65. The molecule has 1 N–H and O–H groups in total. The first-order valence-corrected chi connectivity index (χ1v) is 7.56. The maximum atomic E-state index is 6.03. The maximum absolute atomic E-state index is 6.03. The number of hydrogen-bond donors (Lipinski definition) is 1. The zero-order chi connectivity index (χ0) is 14.3. The van der Waals surface area contributed by atoms with Gasteiger partial charge < -0.3 is 10.1 Å². The summed E-state index contributed by atoms with van der Waals surface area (Å²) in [5, 5.41) is 4.28. The summed E-state index contributed by atoms with van der Waals surface area (Å²) < 4.78 is 5.47. The fraction of sp³-hybridized carbons (Fsp3) is 0.625. The molecule has 0 fully saturated rings. The Labute approximate surface area is 122 Å². The van der Waals surface area contributed by atoms with E-state index in [9.17, 15) is 0 Å². The monoisotopic (exact) mass is 283 g/mol. The van der Waals surface area contributed by atoms with E-state index < -0.39 is 0 Å². The van der Waals surface area contributed by atoms with Crippen LogP contribution in [0.25, 0.3) is 0 Å². The first-order chi connectivity index (χ1) is 9.12. The lowest BCUT2D eigenvalue weighted by Gasteiger charge is -2.24. The van der Waals surface area contributed by atoms with Crippen molar-refractivity contribution in [3.63, 3.8) is 0 Å². The van der Waals surface area contributed by atoms with Crippen LogP contribution in [0.5, 0.6) is 5.75 Å². The van der Waals surface area contributed by atoms with Crippen molar-refractivity contribution in [1.29, 1.82) is 0 Å². The fourth-order valence-electron chi connectivity index (χ4n) is 2.55. The smallest absolute Gasteiger partial charge is 0.125 e. The number of halogens is 1. The van der Waals surface area contributed by atoms with Gasteiger partial charge >= 0.3 is 0 Å². The molecular weight excluding hydrogens is 258 g/mol. The number of methoxy groups -OCH3 is 1. The molecule has 0 saturated heterocycles. The second-order valence-electron chi connectivity index (χ2n) is 5.13. The average Bonchev–Trinajstić information content (AvgIpc) is 2.38. The molecule has 2 unspecified atom stereocenters. The molecule has 1 rings (SSSR count). The maximum Gasteiger partial charge on any atom is 0.125 e. The van der Waals surface area contributed by atoms with Gasteiger partial charge in [0.15, 0.2) is 0 Å². The van der Waals surface area contributed by atoms with E-state index in [0.29, 0.717) is 12.0 Å². The van der Waals surface area contributed by atoms with Crippen molar-refractivity contribution in [2.24, 2.45) is 5.92 Å². The van der Waals surface area contributed by atoms with Gasteiger partial charge in [0, 0.05) is 16.6 Å². The summed E-state index contributed by atoms with van der Waals surface area (Å²) in [6, 6.07) is 6.24. The molecule has 0 heterocycles. The van der Waals surface area contributed by atoms with E-state index in [1.165, 1.54) is 18.4 Å². The molecule has 0 saturated carbocycles. The first kappa shape index (κ1) is 16.3. The standard InChI is InChI=1S/C16H26ClNO/c1-5-7-12(3)10-15(18-6-2)14-9-8-13(17)11-16(14)19-4/h8-9,11-12,15,18H,5-7,10H2,1-4H3. The lowest BCUT2D eigenvalue weighted by molar-refractivity contribution is 0.368. The van der Waals surface area contributed by atoms with Gasteiger partial charge in [0.1, 0.15) is 5.75 Å². The predicted molar refractivity (Wildman–Crippen MR) is 83.1 cm³/mol. The van der Waals surface area contributed by atoms with Crippen molar-refractivity contribution < 1.29 is 4.74 Å². The Morgan fingerprint density at radius 2 is 2.05 bits per heavy atom. The third-order valence-corrected chi connectivity index (χ3v) is 3.68. The van der Waals surface area contributed by atoms with Gasteiger partial charge in [-0.05, 0) is 31.0 Å². The van der Waals surface area contributed by atoms with Gasteiger partial charge in [0.05, 0.1) is 7.11 Å². The van der Waals surface area contributed by atoms with Gasteiger partial charge in [-0.2, -0.15) is 0 Å². The van der Waals surface area contributed by atoms with Gasteiger partial charge in [0.2, 0.25) is 0 Å². The Balaban J connectivity index is 2.91. The van der Waals surface area contributed by atoms with Crippen LogP contribution in [0, 0.1) is 5.92 Å². The van der Waals surface area contributed by atoms with Gasteiger partial charge in [0.25, 0.3) is 0 Å². The van der Waals surface area contributed by atoms with Crippen LogP contribution >= 0.6 is 11.6 Å². The third kappa shape index (κ3) is 5.04. The normalized spacial score (nSPS) is 14.2.